The Balaban J connectivity index is 1.57. The number of nitrogens with zero attached hydrogens (tertiary/aromatic N) is 1. The highest BCUT2D eigenvalue weighted by atomic mass is 16.5. The summed E-state index contributed by atoms with van der Waals surface area (Å²) in [6.45, 7) is 6.52. The quantitative estimate of drug-likeness (QED) is 0.901. The molecule has 0 aliphatic carbocycles. The number of benzene rings is 1. The van der Waals surface area contributed by atoms with E-state index in [9.17, 15) is 0 Å². The van der Waals surface area contributed by atoms with Crippen LogP contribution in [0.2, 0.25) is 0 Å². The molecule has 2 heterocycles. The molecule has 0 bridgehead atoms. The Kier molecular flexibility index (Phi) is 3.76. The Morgan fingerprint density at radius 3 is 3.11 bits per heavy atom. The van der Waals surface area contributed by atoms with Crippen molar-refractivity contribution in [3.05, 3.63) is 29.3 Å². The van der Waals surface area contributed by atoms with Gasteiger partial charge in [0.25, 0.3) is 0 Å². The minimum Gasteiger partial charge on any atom is -0.493 e. The van der Waals surface area contributed by atoms with Crippen molar-refractivity contribution in [2.45, 2.75) is 32.2 Å². The summed E-state index contributed by atoms with van der Waals surface area (Å²) in [5.74, 6) is 1.81. The highest BCUT2D eigenvalue weighted by molar-refractivity contribution is 5.39. The highest BCUT2D eigenvalue weighted by Crippen LogP contribution is 2.26. The first-order valence-corrected chi connectivity index (χ1v) is 7.43. The van der Waals surface area contributed by atoms with Crippen molar-refractivity contribution >= 4 is 0 Å². The first-order valence-electron chi connectivity index (χ1n) is 7.43. The van der Waals surface area contributed by atoms with Crippen LogP contribution in [-0.2, 0) is 12.8 Å². The van der Waals surface area contributed by atoms with E-state index in [1.807, 2.05) is 0 Å². The summed E-state index contributed by atoms with van der Waals surface area (Å²) in [5, 5.41) is 0. The fourth-order valence-corrected chi connectivity index (χ4v) is 3.38. The van der Waals surface area contributed by atoms with Gasteiger partial charge in [0.1, 0.15) is 5.75 Å². The predicted octanol–water partition coefficient (Wildman–Crippen LogP) is 1.83. The summed E-state index contributed by atoms with van der Waals surface area (Å²) in [6, 6.07) is 7.01. The summed E-state index contributed by atoms with van der Waals surface area (Å²) in [5.41, 5.74) is 8.90. The molecule has 2 N–H and O–H groups in total. The number of hydrogen-bond acceptors (Lipinski definition) is 3. The molecule has 104 valence electrons. The number of ether oxygens (including phenoxy) is 1. The average molecular weight is 260 g/mol. The van der Waals surface area contributed by atoms with Gasteiger partial charge >= 0.3 is 0 Å². The van der Waals surface area contributed by atoms with Gasteiger partial charge in [-0.05, 0) is 36.0 Å². The number of rotatable bonds is 3. The van der Waals surface area contributed by atoms with Gasteiger partial charge in [-0.3, -0.25) is 0 Å². The Morgan fingerprint density at radius 1 is 1.37 bits per heavy atom. The second-order valence-corrected chi connectivity index (χ2v) is 6.15. The van der Waals surface area contributed by atoms with Crippen LogP contribution in [0.4, 0.5) is 0 Å². The molecule has 1 aromatic carbocycles. The first-order chi connectivity index (χ1) is 9.20. The lowest BCUT2D eigenvalue weighted by molar-refractivity contribution is 0.167. The Hall–Kier alpha value is -1.06. The summed E-state index contributed by atoms with van der Waals surface area (Å²) in [6.07, 6.45) is 3.36. The summed E-state index contributed by atoms with van der Waals surface area (Å²) >= 11 is 0. The van der Waals surface area contributed by atoms with Gasteiger partial charge in [-0.1, -0.05) is 19.1 Å². The molecule has 0 saturated carbocycles. The van der Waals surface area contributed by atoms with E-state index in [1.165, 1.54) is 24.1 Å². The van der Waals surface area contributed by atoms with Crippen molar-refractivity contribution in [3.63, 3.8) is 0 Å². The summed E-state index contributed by atoms with van der Waals surface area (Å²) < 4.78 is 5.55. The molecule has 2 aliphatic heterocycles. The third-order valence-corrected chi connectivity index (χ3v) is 4.24. The number of hydrogen-bond donors (Lipinski definition) is 1. The molecular formula is C16H24N2O. The predicted molar refractivity (Wildman–Crippen MR) is 77.5 cm³/mol. The lowest BCUT2D eigenvalue weighted by Gasteiger charge is -2.34. The van der Waals surface area contributed by atoms with Gasteiger partial charge in [0.05, 0.1) is 6.61 Å². The van der Waals surface area contributed by atoms with Gasteiger partial charge < -0.3 is 15.4 Å². The third-order valence-electron chi connectivity index (χ3n) is 4.24. The molecule has 3 nitrogen and oxygen atoms in total. The number of nitrogens with two attached hydrogens (primary N) is 1. The summed E-state index contributed by atoms with van der Waals surface area (Å²) in [4.78, 5) is 2.52. The fourth-order valence-electron chi connectivity index (χ4n) is 3.38. The van der Waals surface area contributed by atoms with Crippen molar-refractivity contribution in [1.82, 2.24) is 4.90 Å². The van der Waals surface area contributed by atoms with E-state index in [2.05, 4.69) is 30.0 Å². The van der Waals surface area contributed by atoms with Crippen LogP contribution in [0, 0.1) is 5.92 Å². The topological polar surface area (TPSA) is 38.5 Å². The molecule has 0 spiro atoms. The van der Waals surface area contributed by atoms with Crippen LogP contribution in [0.3, 0.4) is 0 Å². The van der Waals surface area contributed by atoms with E-state index in [1.54, 1.807) is 0 Å². The minimum atomic E-state index is 0.358. The molecule has 3 rings (SSSR count). The van der Waals surface area contributed by atoms with E-state index in [4.69, 9.17) is 10.5 Å². The van der Waals surface area contributed by atoms with E-state index in [-0.39, 0.29) is 0 Å². The van der Waals surface area contributed by atoms with E-state index < -0.39 is 0 Å². The molecule has 1 aromatic rings. The largest absolute Gasteiger partial charge is 0.493 e. The summed E-state index contributed by atoms with van der Waals surface area (Å²) in [7, 11) is 0. The van der Waals surface area contributed by atoms with Crippen molar-refractivity contribution in [2.24, 2.45) is 11.7 Å². The molecule has 3 heteroatoms. The normalized spacial score (nSPS) is 27.1. The fraction of sp³-hybridized carbons (Fsp3) is 0.625. The van der Waals surface area contributed by atoms with E-state index in [0.29, 0.717) is 6.04 Å². The average Bonchev–Trinajstić information content (AvgIpc) is 2.82. The lowest BCUT2D eigenvalue weighted by atomic mass is 9.96. The molecule has 2 atom stereocenters. The highest BCUT2D eigenvalue weighted by Gasteiger charge is 2.21. The molecular weight excluding hydrogens is 236 g/mol. The van der Waals surface area contributed by atoms with Crippen molar-refractivity contribution in [1.29, 1.82) is 0 Å². The van der Waals surface area contributed by atoms with Crippen molar-refractivity contribution < 1.29 is 4.74 Å². The van der Waals surface area contributed by atoms with Crippen LogP contribution >= 0.6 is 0 Å². The van der Waals surface area contributed by atoms with E-state index in [0.717, 1.165) is 44.2 Å². The molecule has 2 unspecified atom stereocenters. The van der Waals surface area contributed by atoms with Crippen LogP contribution in [0.5, 0.6) is 5.75 Å². The molecule has 0 radical (unpaired) electrons. The zero-order valence-electron chi connectivity index (χ0n) is 11.8. The van der Waals surface area contributed by atoms with Gasteiger partial charge in [-0.15, -0.1) is 0 Å². The SMILES string of the molecule is CC1CC(N)CN(CCc2ccc3c(c2)CCO3)C1. The van der Waals surface area contributed by atoms with Crippen molar-refractivity contribution in [3.8, 4) is 5.75 Å². The number of likely N-dealkylation sites (tertiary alicyclic amines) is 1. The smallest absolute Gasteiger partial charge is 0.122 e. The Morgan fingerprint density at radius 2 is 2.26 bits per heavy atom. The zero-order valence-corrected chi connectivity index (χ0v) is 11.8. The first kappa shape index (κ1) is 12.9. The van der Waals surface area contributed by atoms with Crippen molar-refractivity contribution in [2.75, 3.05) is 26.2 Å². The number of piperidine rings is 1. The minimum absolute atomic E-state index is 0.358. The second kappa shape index (κ2) is 5.51. The molecule has 1 fully saturated rings. The van der Waals surface area contributed by atoms with Gasteiger partial charge in [-0.25, -0.2) is 0 Å². The monoisotopic (exact) mass is 260 g/mol. The standard InChI is InChI=1S/C16H24N2O/c1-12-8-15(17)11-18(10-12)6-4-13-2-3-16-14(9-13)5-7-19-16/h2-3,9,12,15H,4-8,10-11,17H2,1H3. The lowest BCUT2D eigenvalue weighted by Crippen LogP contribution is -2.46. The molecule has 0 aromatic heterocycles. The maximum absolute atomic E-state index is 6.10. The van der Waals surface area contributed by atoms with Crippen LogP contribution in [0.25, 0.3) is 0 Å². The van der Waals surface area contributed by atoms with Gasteiger partial charge in [0.2, 0.25) is 0 Å². The van der Waals surface area contributed by atoms with Crippen LogP contribution in [0.1, 0.15) is 24.5 Å². The second-order valence-electron chi connectivity index (χ2n) is 6.15. The Bertz CT molecular complexity index is 436. The van der Waals surface area contributed by atoms with Gasteiger partial charge in [0.15, 0.2) is 0 Å². The van der Waals surface area contributed by atoms with Crippen LogP contribution < -0.4 is 10.5 Å². The van der Waals surface area contributed by atoms with Crippen LogP contribution in [-0.4, -0.2) is 37.2 Å². The molecule has 19 heavy (non-hydrogen) atoms. The van der Waals surface area contributed by atoms with Crippen LogP contribution in [0.15, 0.2) is 18.2 Å². The van der Waals surface area contributed by atoms with Gasteiger partial charge in [0, 0.05) is 32.1 Å². The van der Waals surface area contributed by atoms with Gasteiger partial charge in [-0.2, -0.15) is 0 Å². The zero-order chi connectivity index (χ0) is 13.2. The molecule has 0 amide bonds. The molecule has 2 aliphatic rings. The third kappa shape index (κ3) is 3.10. The molecule has 1 saturated heterocycles. The Labute approximate surface area is 115 Å². The number of fused-ring (bicyclic) bond motifs is 1. The maximum Gasteiger partial charge on any atom is 0.122 e. The maximum atomic E-state index is 6.10. The van der Waals surface area contributed by atoms with E-state index >= 15 is 0 Å².